The number of carboxylic acid groups (broad SMARTS) is 1. The molecule has 4 nitrogen and oxygen atoms in total. The Bertz CT molecular complexity index is 329. The predicted octanol–water partition coefficient (Wildman–Crippen LogP) is 2.14. The number of amides is 1. The lowest BCUT2D eigenvalue weighted by molar-refractivity contribution is -0.143. The first-order valence-corrected chi connectivity index (χ1v) is 8.39. The largest absolute Gasteiger partial charge is 0.481 e. The van der Waals surface area contributed by atoms with Crippen molar-refractivity contribution in [3.05, 3.63) is 0 Å². The molecule has 108 valence electrons. The van der Waals surface area contributed by atoms with E-state index in [9.17, 15) is 9.59 Å². The van der Waals surface area contributed by atoms with Gasteiger partial charge in [-0.3, -0.25) is 9.59 Å². The molecule has 0 radical (unpaired) electrons. The lowest BCUT2D eigenvalue weighted by Gasteiger charge is -2.21. The molecule has 2 rings (SSSR count). The van der Waals surface area contributed by atoms with Crippen LogP contribution in [0.2, 0.25) is 0 Å². The van der Waals surface area contributed by atoms with Gasteiger partial charge in [-0.2, -0.15) is 11.8 Å². The van der Waals surface area contributed by atoms with Crippen LogP contribution in [-0.4, -0.2) is 35.0 Å². The summed E-state index contributed by atoms with van der Waals surface area (Å²) < 4.78 is 0. The summed E-state index contributed by atoms with van der Waals surface area (Å²) in [5, 5.41) is 12.0. The summed E-state index contributed by atoms with van der Waals surface area (Å²) in [6, 6.07) is 0. The minimum Gasteiger partial charge on any atom is -0.481 e. The molecule has 1 aliphatic carbocycles. The molecule has 2 N–H and O–H groups in total. The first-order valence-electron chi connectivity index (χ1n) is 7.24. The van der Waals surface area contributed by atoms with Crippen LogP contribution in [0.4, 0.5) is 0 Å². The van der Waals surface area contributed by atoms with Crippen LogP contribution < -0.4 is 5.32 Å². The van der Waals surface area contributed by atoms with Crippen molar-refractivity contribution >= 4 is 23.6 Å². The van der Waals surface area contributed by atoms with Gasteiger partial charge in [0, 0.05) is 13.0 Å². The highest BCUT2D eigenvalue weighted by atomic mass is 32.2. The van der Waals surface area contributed by atoms with Crippen LogP contribution in [0.5, 0.6) is 0 Å². The fourth-order valence-corrected chi connectivity index (χ4v) is 4.34. The Kier molecular flexibility index (Phi) is 5.55. The molecule has 19 heavy (non-hydrogen) atoms. The Morgan fingerprint density at radius 3 is 2.58 bits per heavy atom. The van der Waals surface area contributed by atoms with Crippen molar-refractivity contribution in [2.45, 2.75) is 38.5 Å². The number of aliphatic carboxylic acids is 1. The van der Waals surface area contributed by atoms with Crippen LogP contribution in [0, 0.1) is 17.8 Å². The van der Waals surface area contributed by atoms with Crippen LogP contribution in [0.25, 0.3) is 0 Å². The third kappa shape index (κ3) is 4.41. The molecule has 5 heteroatoms. The van der Waals surface area contributed by atoms with Crippen LogP contribution >= 0.6 is 11.8 Å². The standard InChI is InChI=1S/C14H23NO3S/c16-13(8-10-4-6-19-7-5-10)15-9-11-2-1-3-12(11)14(17)18/h10-12H,1-9H2,(H,15,16)(H,17,18). The topological polar surface area (TPSA) is 66.4 Å². The van der Waals surface area contributed by atoms with E-state index in [1.165, 1.54) is 11.5 Å². The quantitative estimate of drug-likeness (QED) is 0.812. The van der Waals surface area contributed by atoms with Crippen molar-refractivity contribution in [3.63, 3.8) is 0 Å². The highest BCUT2D eigenvalue weighted by Gasteiger charge is 2.32. The zero-order valence-electron chi connectivity index (χ0n) is 11.3. The summed E-state index contributed by atoms with van der Waals surface area (Å²) >= 11 is 1.97. The fraction of sp³-hybridized carbons (Fsp3) is 0.857. The van der Waals surface area contributed by atoms with Gasteiger partial charge >= 0.3 is 5.97 Å². The fourth-order valence-electron chi connectivity index (χ4n) is 3.14. The van der Waals surface area contributed by atoms with Gasteiger partial charge in [-0.05, 0) is 49.0 Å². The van der Waals surface area contributed by atoms with Crippen molar-refractivity contribution in [2.24, 2.45) is 17.8 Å². The SMILES string of the molecule is O=C(CC1CCSCC1)NCC1CCCC1C(=O)O. The van der Waals surface area contributed by atoms with E-state index in [0.29, 0.717) is 18.9 Å². The maximum absolute atomic E-state index is 11.9. The molecule has 1 heterocycles. The van der Waals surface area contributed by atoms with Crippen molar-refractivity contribution in [3.8, 4) is 0 Å². The van der Waals surface area contributed by atoms with Gasteiger partial charge in [-0.1, -0.05) is 6.42 Å². The number of carboxylic acids is 1. The van der Waals surface area contributed by atoms with E-state index in [0.717, 1.165) is 32.1 Å². The lowest BCUT2D eigenvalue weighted by Crippen LogP contribution is -2.34. The van der Waals surface area contributed by atoms with Gasteiger partial charge in [0.05, 0.1) is 5.92 Å². The Labute approximate surface area is 118 Å². The van der Waals surface area contributed by atoms with E-state index in [2.05, 4.69) is 5.32 Å². The van der Waals surface area contributed by atoms with E-state index in [1.807, 2.05) is 11.8 Å². The second-order valence-electron chi connectivity index (χ2n) is 5.70. The average molecular weight is 285 g/mol. The lowest BCUT2D eigenvalue weighted by atomic mass is 9.95. The smallest absolute Gasteiger partial charge is 0.306 e. The Morgan fingerprint density at radius 2 is 1.89 bits per heavy atom. The molecule has 1 saturated heterocycles. The second-order valence-corrected chi connectivity index (χ2v) is 6.92. The van der Waals surface area contributed by atoms with E-state index >= 15 is 0 Å². The summed E-state index contributed by atoms with van der Waals surface area (Å²) in [5.74, 6) is 2.13. The Hall–Kier alpha value is -0.710. The molecule has 0 aromatic heterocycles. The summed E-state index contributed by atoms with van der Waals surface area (Å²) in [4.78, 5) is 22.9. The number of hydrogen-bond donors (Lipinski definition) is 2. The number of thioether (sulfide) groups is 1. The number of carbonyl (C=O) groups excluding carboxylic acids is 1. The molecule has 2 unspecified atom stereocenters. The zero-order valence-corrected chi connectivity index (χ0v) is 12.1. The molecule has 2 aliphatic rings. The molecule has 1 amide bonds. The molecule has 2 fully saturated rings. The highest BCUT2D eigenvalue weighted by molar-refractivity contribution is 7.99. The van der Waals surface area contributed by atoms with Gasteiger partial charge in [-0.25, -0.2) is 0 Å². The normalized spacial score (nSPS) is 28.2. The summed E-state index contributed by atoms with van der Waals surface area (Å²) in [6.07, 6.45) is 5.55. The van der Waals surface area contributed by atoms with Gasteiger partial charge < -0.3 is 10.4 Å². The number of hydrogen-bond acceptors (Lipinski definition) is 3. The molecule has 1 aliphatic heterocycles. The van der Waals surface area contributed by atoms with Gasteiger partial charge in [0.1, 0.15) is 0 Å². The molecule has 0 spiro atoms. The van der Waals surface area contributed by atoms with Crippen LogP contribution in [0.1, 0.15) is 38.5 Å². The van der Waals surface area contributed by atoms with E-state index in [-0.39, 0.29) is 17.7 Å². The number of nitrogens with one attached hydrogen (secondary N) is 1. The molecule has 0 aromatic rings. The zero-order chi connectivity index (χ0) is 13.7. The van der Waals surface area contributed by atoms with E-state index < -0.39 is 5.97 Å². The van der Waals surface area contributed by atoms with Crippen molar-refractivity contribution in [1.82, 2.24) is 5.32 Å². The predicted molar refractivity (Wildman–Crippen MR) is 76.1 cm³/mol. The maximum atomic E-state index is 11.9. The molecule has 0 bridgehead atoms. The molecule has 1 saturated carbocycles. The van der Waals surface area contributed by atoms with E-state index in [1.54, 1.807) is 0 Å². The number of rotatable bonds is 5. The highest BCUT2D eigenvalue weighted by Crippen LogP contribution is 2.31. The molecular weight excluding hydrogens is 262 g/mol. The summed E-state index contributed by atoms with van der Waals surface area (Å²) in [5.41, 5.74) is 0. The van der Waals surface area contributed by atoms with Crippen molar-refractivity contribution in [1.29, 1.82) is 0 Å². The third-order valence-electron chi connectivity index (χ3n) is 4.35. The van der Waals surface area contributed by atoms with E-state index in [4.69, 9.17) is 5.11 Å². The third-order valence-corrected chi connectivity index (χ3v) is 5.40. The van der Waals surface area contributed by atoms with Gasteiger partial charge in [0.15, 0.2) is 0 Å². The first kappa shape index (κ1) is 14.7. The Morgan fingerprint density at radius 1 is 1.16 bits per heavy atom. The van der Waals surface area contributed by atoms with Crippen LogP contribution in [0.15, 0.2) is 0 Å². The molecule has 0 aromatic carbocycles. The maximum Gasteiger partial charge on any atom is 0.306 e. The molecular formula is C14H23NO3S. The van der Waals surface area contributed by atoms with Gasteiger partial charge in [0.2, 0.25) is 5.91 Å². The van der Waals surface area contributed by atoms with Crippen molar-refractivity contribution < 1.29 is 14.7 Å². The minimum absolute atomic E-state index is 0.105. The second kappa shape index (κ2) is 7.17. The van der Waals surface area contributed by atoms with Gasteiger partial charge in [0.25, 0.3) is 0 Å². The molecule has 2 atom stereocenters. The van der Waals surface area contributed by atoms with Crippen LogP contribution in [0.3, 0.4) is 0 Å². The Balaban J connectivity index is 1.69. The summed E-state index contributed by atoms with van der Waals surface area (Å²) in [6.45, 7) is 0.539. The number of carbonyl (C=O) groups is 2. The van der Waals surface area contributed by atoms with Crippen LogP contribution in [-0.2, 0) is 9.59 Å². The monoisotopic (exact) mass is 285 g/mol. The first-order chi connectivity index (χ1) is 9.16. The van der Waals surface area contributed by atoms with Gasteiger partial charge in [-0.15, -0.1) is 0 Å². The minimum atomic E-state index is -0.707. The average Bonchev–Trinajstić information content (AvgIpc) is 2.86. The summed E-state index contributed by atoms with van der Waals surface area (Å²) in [7, 11) is 0. The van der Waals surface area contributed by atoms with Crippen molar-refractivity contribution in [2.75, 3.05) is 18.1 Å².